The van der Waals surface area contributed by atoms with Crippen LogP contribution in [0.1, 0.15) is 15.9 Å². The van der Waals surface area contributed by atoms with E-state index in [0.717, 1.165) is 0 Å². The summed E-state index contributed by atoms with van der Waals surface area (Å²) in [7, 11) is 3.07. The van der Waals surface area contributed by atoms with Crippen LogP contribution in [0.25, 0.3) is 0 Å². The molecule has 22 heavy (non-hydrogen) atoms. The minimum atomic E-state index is -0.616. The highest BCUT2D eigenvalue weighted by molar-refractivity contribution is 5.95. The molecule has 1 N–H and O–H groups in total. The Morgan fingerprint density at radius 3 is 2.55 bits per heavy atom. The number of hydrogen-bond acceptors (Lipinski definition) is 4. The number of benzene rings is 2. The van der Waals surface area contributed by atoms with Gasteiger partial charge in [0, 0.05) is 0 Å². The fourth-order valence-corrected chi connectivity index (χ4v) is 1.80. The van der Waals surface area contributed by atoms with Crippen LogP contribution >= 0.6 is 0 Å². The average molecular weight is 302 g/mol. The number of rotatable bonds is 5. The molecule has 0 unspecified atom stereocenters. The van der Waals surface area contributed by atoms with E-state index in [4.69, 9.17) is 9.47 Å². The summed E-state index contributed by atoms with van der Waals surface area (Å²) in [5.74, 6) is -0.0712. The number of halogens is 1. The standard InChI is InChI=1S/C16H15FN2O3/c1-21-14-8-7-11(9-15(14)22-2)10-18-19-16(20)12-5-3-4-6-13(12)17/h3-10H,1-2H3,(H,19,20)/b18-10+. The highest BCUT2D eigenvalue weighted by Crippen LogP contribution is 2.26. The van der Waals surface area contributed by atoms with Crippen LogP contribution in [0.2, 0.25) is 0 Å². The Labute approximate surface area is 127 Å². The van der Waals surface area contributed by atoms with Gasteiger partial charge in [-0.3, -0.25) is 4.79 Å². The average Bonchev–Trinajstić information content (AvgIpc) is 2.55. The van der Waals surface area contributed by atoms with Gasteiger partial charge in [-0.1, -0.05) is 12.1 Å². The van der Waals surface area contributed by atoms with Gasteiger partial charge in [0.15, 0.2) is 11.5 Å². The molecule has 0 radical (unpaired) electrons. The molecule has 0 bridgehead atoms. The zero-order chi connectivity index (χ0) is 15.9. The molecule has 0 atom stereocenters. The predicted molar refractivity (Wildman–Crippen MR) is 81.0 cm³/mol. The molecule has 0 aliphatic rings. The van der Waals surface area contributed by atoms with E-state index in [2.05, 4.69) is 10.5 Å². The van der Waals surface area contributed by atoms with Crippen LogP contribution in [0.4, 0.5) is 4.39 Å². The minimum absolute atomic E-state index is 0.0630. The van der Waals surface area contributed by atoms with E-state index in [0.29, 0.717) is 17.1 Å². The fraction of sp³-hybridized carbons (Fsp3) is 0.125. The van der Waals surface area contributed by atoms with E-state index in [1.165, 1.54) is 31.5 Å². The Bertz CT molecular complexity index is 702. The molecule has 0 spiro atoms. The molecule has 0 fully saturated rings. The number of ether oxygens (including phenoxy) is 2. The molecule has 5 nitrogen and oxygen atoms in total. The maximum absolute atomic E-state index is 13.4. The third kappa shape index (κ3) is 3.60. The number of methoxy groups -OCH3 is 2. The van der Waals surface area contributed by atoms with E-state index in [-0.39, 0.29) is 5.56 Å². The number of amides is 1. The molecular weight excluding hydrogens is 287 g/mol. The van der Waals surface area contributed by atoms with E-state index < -0.39 is 11.7 Å². The van der Waals surface area contributed by atoms with Gasteiger partial charge in [0.25, 0.3) is 5.91 Å². The molecule has 0 aliphatic carbocycles. The lowest BCUT2D eigenvalue weighted by Gasteiger charge is -2.07. The number of hydrazone groups is 1. The van der Waals surface area contributed by atoms with Crippen molar-refractivity contribution in [3.8, 4) is 11.5 Å². The van der Waals surface area contributed by atoms with Crippen LogP contribution in [-0.2, 0) is 0 Å². The highest BCUT2D eigenvalue weighted by Gasteiger charge is 2.09. The van der Waals surface area contributed by atoms with E-state index in [1.54, 1.807) is 31.4 Å². The minimum Gasteiger partial charge on any atom is -0.493 e. The van der Waals surface area contributed by atoms with Crippen molar-refractivity contribution in [2.75, 3.05) is 14.2 Å². The maximum atomic E-state index is 13.4. The van der Waals surface area contributed by atoms with Gasteiger partial charge in [0.2, 0.25) is 0 Å². The zero-order valence-corrected chi connectivity index (χ0v) is 12.2. The quantitative estimate of drug-likeness (QED) is 0.682. The second-order valence-corrected chi connectivity index (χ2v) is 4.29. The van der Waals surface area contributed by atoms with E-state index in [9.17, 15) is 9.18 Å². The van der Waals surface area contributed by atoms with Crippen molar-refractivity contribution in [2.24, 2.45) is 5.10 Å². The molecule has 114 valence electrons. The third-order valence-electron chi connectivity index (χ3n) is 2.91. The van der Waals surface area contributed by atoms with Gasteiger partial charge >= 0.3 is 0 Å². The second-order valence-electron chi connectivity index (χ2n) is 4.29. The molecule has 2 rings (SSSR count). The number of carbonyl (C=O) groups is 1. The topological polar surface area (TPSA) is 59.9 Å². The molecule has 6 heteroatoms. The molecule has 0 saturated heterocycles. The van der Waals surface area contributed by atoms with Crippen molar-refractivity contribution in [2.45, 2.75) is 0 Å². The highest BCUT2D eigenvalue weighted by atomic mass is 19.1. The zero-order valence-electron chi connectivity index (χ0n) is 12.2. The summed E-state index contributed by atoms with van der Waals surface area (Å²) in [4.78, 5) is 11.8. The molecule has 0 heterocycles. The van der Waals surface area contributed by atoms with Crippen molar-refractivity contribution in [1.82, 2.24) is 5.43 Å². The second kappa shape index (κ2) is 7.21. The van der Waals surface area contributed by atoms with Crippen LogP contribution in [-0.4, -0.2) is 26.3 Å². The number of carbonyl (C=O) groups excluding carboxylic acids is 1. The van der Waals surface area contributed by atoms with Gasteiger partial charge in [-0.15, -0.1) is 0 Å². The van der Waals surface area contributed by atoms with Crippen LogP contribution in [0.15, 0.2) is 47.6 Å². The van der Waals surface area contributed by atoms with Gasteiger partial charge in [0.1, 0.15) is 5.82 Å². The van der Waals surface area contributed by atoms with Crippen LogP contribution in [0.5, 0.6) is 11.5 Å². The maximum Gasteiger partial charge on any atom is 0.274 e. The summed E-state index contributed by atoms with van der Waals surface area (Å²) < 4.78 is 23.7. The molecule has 1 amide bonds. The Morgan fingerprint density at radius 1 is 1.14 bits per heavy atom. The van der Waals surface area contributed by atoms with Gasteiger partial charge in [-0.05, 0) is 35.9 Å². The predicted octanol–water partition coefficient (Wildman–Crippen LogP) is 2.61. The first kappa shape index (κ1) is 15.5. The first-order valence-electron chi connectivity index (χ1n) is 6.45. The largest absolute Gasteiger partial charge is 0.493 e. The van der Waals surface area contributed by atoms with Gasteiger partial charge in [0.05, 0.1) is 26.0 Å². The van der Waals surface area contributed by atoms with Crippen molar-refractivity contribution in [1.29, 1.82) is 0 Å². The van der Waals surface area contributed by atoms with E-state index >= 15 is 0 Å². The smallest absolute Gasteiger partial charge is 0.274 e. The van der Waals surface area contributed by atoms with E-state index in [1.807, 2.05) is 0 Å². The van der Waals surface area contributed by atoms with Crippen LogP contribution in [0.3, 0.4) is 0 Å². The van der Waals surface area contributed by atoms with Crippen molar-refractivity contribution >= 4 is 12.1 Å². The summed E-state index contributed by atoms with van der Waals surface area (Å²) in [6.07, 6.45) is 1.43. The van der Waals surface area contributed by atoms with Gasteiger partial charge in [-0.2, -0.15) is 5.10 Å². The molecular formula is C16H15FN2O3. The molecule has 0 saturated carbocycles. The van der Waals surface area contributed by atoms with Crippen molar-refractivity contribution in [3.05, 3.63) is 59.4 Å². The lowest BCUT2D eigenvalue weighted by atomic mass is 10.2. The van der Waals surface area contributed by atoms with Gasteiger partial charge in [-0.25, -0.2) is 9.82 Å². The normalized spacial score (nSPS) is 10.5. The SMILES string of the molecule is COc1ccc(/C=N/NC(=O)c2ccccc2F)cc1OC. The summed E-state index contributed by atoms with van der Waals surface area (Å²) >= 11 is 0. The van der Waals surface area contributed by atoms with Crippen molar-refractivity contribution < 1.29 is 18.7 Å². The Hall–Kier alpha value is -2.89. The summed E-state index contributed by atoms with van der Waals surface area (Å²) in [5.41, 5.74) is 2.91. The molecule has 2 aromatic carbocycles. The molecule has 0 aromatic heterocycles. The Balaban J connectivity index is 2.07. The first-order valence-corrected chi connectivity index (χ1v) is 6.45. The Kier molecular flexibility index (Phi) is 5.08. The van der Waals surface area contributed by atoms with Crippen LogP contribution < -0.4 is 14.9 Å². The molecule has 2 aromatic rings. The first-order chi connectivity index (χ1) is 10.7. The molecule has 0 aliphatic heterocycles. The number of hydrogen-bond donors (Lipinski definition) is 1. The van der Waals surface area contributed by atoms with Gasteiger partial charge < -0.3 is 9.47 Å². The third-order valence-corrected chi connectivity index (χ3v) is 2.91. The Morgan fingerprint density at radius 2 is 1.86 bits per heavy atom. The summed E-state index contributed by atoms with van der Waals surface area (Å²) in [6, 6.07) is 10.9. The number of nitrogens with one attached hydrogen (secondary N) is 1. The summed E-state index contributed by atoms with van der Waals surface area (Å²) in [5, 5.41) is 3.80. The number of nitrogens with zero attached hydrogens (tertiary/aromatic N) is 1. The lowest BCUT2D eigenvalue weighted by Crippen LogP contribution is -2.18. The monoisotopic (exact) mass is 302 g/mol. The fourth-order valence-electron chi connectivity index (χ4n) is 1.80. The van der Waals surface area contributed by atoms with Crippen molar-refractivity contribution in [3.63, 3.8) is 0 Å². The lowest BCUT2D eigenvalue weighted by molar-refractivity contribution is 0.0951. The summed E-state index contributed by atoms with van der Waals surface area (Å²) in [6.45, 7) is 0. The van der Waals surface area contributed by atoms with Crippen LogP contribution in [0, 0.1) is 5.82 Å².